The number of hydrogen-bond donors (Lipinski definition) is 0. The molecule has 0 spiro atoms. The monoisotopic (exact) mass is 475 g/mol. The van der Waals surface area contributed by atoms with Crippen LogP contribution < -0.4 is 0 Å². The van der Waals surface area contributed by atoms with Gasteiger partial charge in [-0.1, -0.05) is 84.9 Å². The lowest BCUT2D eigenvalue weighted by atomic mass is 9.91. The van der Waals surface area contributed by atoms with Crippen LogP contribution in [0.25, 0.3) is 60.3 Å². The number of rotatable bonds is 3. The first kappa shape index (κ1) is 21.5. The molecule has 0 bridgehead atoms. The zero-order valence-corrected chi connectivity index (χ0v) is 20.6. The minimum Gasteiger partial charge on any atom is -0.377 e. The van der Waals surface area contributed by atoms with Crippen LogP contribution >= 0.6 is 0 Å². The molecule has 176 valence electrons. The molecule has 0 atom stereocenters. The first-order valence-electron chi connectivity index (χ1n) is 12.6. The molecule has 0 N–H and O–H groups in total. The number of aromatic nitrogens is 2. The first-order valence-corrected chi connectivity index (χ1v) is 12.6. The topological polar surface area (TPSA) is 29.0 Å². The molecular formula is C34H25N3. The van der Waals surface area contributed by atoms with Crippen molar-refractivity contribution in [1.82, 2.24) is 14.9 Å². The zero-order chi connectivity index (χ0) is 24.8. The van der Waals surface area contributed by atoms with Crippen LogP contribution in [0.2, 0.25) is 0 Å². The van der Waals surface area contributed by atoms with Gasteiger partial charge in [0.15, 0.2) is 5.82 Å². The molecule has 0 fully saturated rings. The highest BCUT2D eigenvalue weighted by Gasteiger charge is 2.13. The van der Waals surface area contributed by atoms with Crippen molar-refractivity contribution >= 4 is 37.9 Å². The van der Waals surface area contributed by atoms with Crippen LogP contribution in [0.15, 0.2) is 122 Å². The Balaban J connectivity index is 1.41. The Morgan fingerprint density at radius 3 is 1.97 bits per heavy atom. The van der Waals surface area contributed by atoms with E-state index >= 15 is 0 Å². The summed E-state index contributed by atoms with van der Waals surface area (Å²) in [5.74, 6) is 0.763. The summed E-state index contributed by atoms with van der Waals surface area (Å²) in [7, 11) is 2.06. The van der Waals surface area contributed by atoms with Gasteiger partial charge in [-0.3, -0.25) is 0 Å². The van der Waals surface area contributed by atoms with Gasteiger partial charge >= 0.3 is 0 Å². The fourth-order valence-corrected chi connectivity index (χ4v) is 5.33. The molecule has 7 rings (SSSR count). The molecule has 0 saturated heterocycles. The summed E-state index contributed by atoms with van der Waals surface area (Å²) in [5, 5.41) is 7.57. The molecule has 0 saturated carbocycles. The third-order valence-electron chi connectivity index (χ3n) is 7.26. The summed E-state index contributed by atoms with van der Waals surface area (Å²) in [5.41, 5.74) is 5.56. The second kappa shape index (κ2) is 8.72. The van der Waals surface area contributed by atoms with Crippen molar-refractivity contribution in [3.63, 3.8) is 0 Å². The number of benzene rings is 5. The normalized spacial score (nSPS) is 13.4. The maximum atomic E-state index is 4.94. The van der Waals surface area contributed by atoms with E-state index < -0.39 is 0 Å². The van der Waals surface area contributed by atoms with Gasteiger partial charge in [0.25, 0.3) is 0 Å². The lowest BCUT2D eigenvalue weighted by Gasteiger charge is -2.16. The van der Waals surface area contributed by atoms with Crippen LogP contribution in [0.4, 0.5) is 0 Å². The van der Waals surface area contributed by atoms with Gasteiger partial charge in [-0.25, -0.2) is 9.97 Å². The van der Waals surface area contributed by atoms with E-state index in [1.165, 1.54) is 43.4 Å². The molecule has 3 nitrogen and oxygen atoms in total. The van der Waals surface area contributed by atoms with E-state index in [0.29, 0.717) is 0 Å². The van der Waals surface area contributed by atoms with Crippen LogP contribution in [-0.4, -0.2) is 28.5 Å². The molecule has 1 aliphatic rings. The maximum Gasteiger partial charge on any atom is 0.159 e. The molecule has 0 unspecified atom stereocenters. The van der Waals surface area contributed by atoms with Crippen molar-refractivity contribution in [2.75, 3.05) is 13.6 Å². The molecule has 1 aromatic heterocycles. The highest BCUT2D eigenvalue weighted by Crippen LogP contribution is 2.38. The third-order valence-corrected chi connectivity index (χ3v) is 7.26. The van der Waals surface area contributed by atoms with Gasteiger partial charge < -0.3 is 4.90 Å². The molecular weight excluding hydrogens is 450 g/mol. The predicted molar refractivity (Wildman–Crippen MR) is 155 cm³/mol. The van der Waals surface area contributed by atoms with Crippen LogP contribution in [0.5, 0.6) is 0 Å². The number of allylic oxidation sites excluding steroid dienone is 2. The van der Waals surface area contributed by atoms with Crippen LogP contribution in [0.1, 0.15) is 5.82 Å². The van der Waals surface area contributed by atoms with Gasteiger partial charge in [-0.05, 0) is 73.9 Å². The Morgan fingerprint density at radius 1 is 0.622 bits per heavy atom. The summed E-state index contributed by atoms with van der Waals surface area (Å²) in [6.07, 6.45) is 8.18. The molecule has 37 heavy (non-hydrogen) atoms. The fourth-order valence-electron chi connectivity index (χ4n) is 5.33. The van der Waals surface area contributed by atoms with E-state index in [1.807, 2.05) is 12.3 Å². The summed E-state index contributed by atoms with van der Waals surface area (Å²) < 4.78 is 0. The lowest BCUT2D eigenvalue weighted by Crippen LogP contribution is -2.13. The number of fused-ring (bicyclic) bond motifs is 6. The summed E-state index contributed by atoms with van der Waals surface area (Å²) >= 11 is 0. The van der Waals surface area contributed by atoms with Crippen molar-refractivity contribution in [2.24, 2.45) is 0 Å². The second-order valence-electron chi connectivity index (χ2n) is 9.61. The van der Waals surface area contributed by atoms with E-state index in [1.54, 1.807) is 0 Å². The minimum atomic E-state index is 0.763. The number of likely N-dealkylation sites (N-methyl/N-ethyl adjacent to an activating group) is 1. The summed E-state index contributed by atoms with van der Waals surface area (Å²) in [4.78, 5) is 11.6. The molecule has 0 radical (unpaired) electrons. The predicted octanol–water partition coefficient (Wildman–Crippen LogP) is 8.11. The highest BCUT2D eigenvalue weighted by atomic mass is 15.1. The molecule has 5 aromatic carbocycles. The van der Waals surface area contributed by atoms with Gasteiger partial charge in [-0.15, -0.1) is 0 Å². The SMILES string of the molecule is CN1C=CC(c2nccc(-c3ccc4c5ccc(-c6ccccc6)cc5c5ccccc5c4c3)n2)=CC1. The Labute approximate surface area is 216 Å². The molecule has 2 heterocycles. The first-order chi connectivity index (χ1) is 18.2. The largest absolute Gasteiger partial charge is 0.377 e. The maximum absolute atomic E-state index is 4.94. The van der Waals surface area contributed by atoms with Gasteiger partial charge in [0.2, 0.25) is 0 Å². The number of hydrogen-bond acceptors (Lipinski definition) is 3. The minimum absolute atomic E-state index is 0.763. The highest BCUT2D eigenvalue weighted by molar-refractivity contribution is 6.26. The second-order valence-corrected chi connectivity index (χ2v) is 9.61. The van der Waals surface area contributed by atoms with Crippen molar-refractivity contribution < 1.29 is 0 Å². The quantitative estimate of drug-likeness (QED) is 0.242. The van der Waals surface area contributed by atoms with Gasteiger partial charge in [0, 0.05) is 30.9 Å². The Hall–Kier alpha value is -4.76. The average molecular weight is 476 g/mol. The van der Waals surface area contributed by atoms with Gasteiger partial charge in [0.05, 0.1) is 5.69 Å². The van der Waals surface area contributed by atoms with E-state index in [2.05, 4.69) is 126 Å². The molecule has 0 aliphatic carbocycles. The van der Waals surface area contributed by atoms with Crippen LogP contribution in [0.3, 0.4) is 0 Å². The van der Waals surface area contributed by atoms with Crippen molar-refractivity contribution in [3.8, 4) is 22.4 Å². The van der Waals surface area contributed by atoms with Gasteiger partial charge in [0.1, 0.15) is 0 Å². The Morgan fingerprint density at radius 2 is 1.27 bits per heavy atom. The van der Waals surface area contributed by atoms with Crippen molar-refractivity contribution in [1.29, 1.82) is 0 Å². The lowest BCUT2D eigenvalue weighted by molar-refractivity contribution is 0.506. The van der Waals surface area contributed by atoms with E-state index in [-0.39, 0.29) is 0 Å². The summed E-state index contributed by atoms with van der Waals surface area (Å²) in [6, 6.07) is 34.9. The molecule has 6 aromatic rings. The van der Waals surface area contributed by atoms with Crippen molar-refractivity contribution in [2.45, 2.75) is 0 Å². The third kappa shape index (κ3) is 3.76. The van der Waals surface area contributed by atoms with E-state index in [4.69, 9.17) is 4.98 Å². The standard InChI is InChI=1S/C34H25N3/c1-37-19-16-24(17-20-37)34-35-18-15-33(36-34)26-12-14-30-29-13-11-25(23-7-3-2-4-8-23)21-31(29)27-9-5-6-10-28(27)32(30)22-26/h2-19,21-22H,20H2,1H3. The Kier molecular flexibility index (Phi) is 5.07. The van der Waals surface area contributed by atoms with Crippen molar-refractivity contribution in [3.05, 3.63) is 127 Å². The fraction of sp³-hybridized carbons (Fsp3) is 0.0588. The van der Waals surface area contributed by atoms with Gasteiger partial charge in [-0.2, -0.15) is 0 Å². The molecule has 0 amide bonds. The Bertz CT molecular complexity index is 1850. The molecule has 3 heteroatoms. The molecule has 1 aliphatic heterocycles. The van der Waals surface area contributed by atoms with E-state index in [9.17, 15) is 0 Å². The van der Waals surface area contributed by atoms with Crippen LogP contribution in [-0.2, 0) is 0 Å². The smallest absolute Gasteiger partial charge is 0.159 e. The summed E-state index contributed by atoms with van der Waals surface area (Å²) in [6.45, 7) is 0.862. The van der Waals surface area contributed by atoms with Crippen LogP contribution in [0, 0.1) is 0 Å². The number of nitrogens with zero attached hydrogens (tertiary/aromatic N) is 3. The van der Waals surface area contributed by atoms with E-state index in [0.717, 1.165) is 29.2 Å². The average Bonchev–Trinajstić information content (AvgIpc) is 2.98. The zero-order valence-electron chi connectivity index (χ0n) is 20.6.